The van der Waals surface area contributed by atoms with Gasteiger partial charge in [-0.25, -0.2) is 0 Å². The predicted molar refractivity (Wildman–Crippen MR) is 91.3 cm³/mol. The smallest absolute Gasteiger partial charge is 0.248 e. The molecule has 0 saturated heterocycles. The second kappa shape index (κ2) is 5.72. The molecule has 1 aliphatic carbocycles. The van der Waals surface area contributed by atoms with E-state index >= 15 is 0 Å². The fraction of sp³-hybridized carbons (Fsp3) is 0.333. The molecule has 24 heavy (non-hydrogen) atoms. The van der Waals surface area contributed by atoms with Gasteiger partial charge in [-0.2, -0.15) is 0 Å². The Morgan fingerprint density at radius 1 is 1.29 bits per heavy atom. The summed E-state index contributed by atoms with van der Waals surface area (Å²) in [7, 11) is 0. The van der Waals surface area contributed by atoms with Crippen LogP contribution in [0.1, 0.15) is 33.6 Å². The number of nitrogens with two attached hydrogens (primary N) is 1. The predicted octanol–water partition coefficient (Wildman–Crippen LogP) is 2.00. The molecule has 3 N–H and O–H groups in total. The van der Waals surface area contributed by atoms with Crippen LogP contribution in [-0.2, 0) is 16.8 Å². The molecule has 2 aliphatic rings. The zero-order chi connectivity index (χ0) is 16.7. The number of ketones is 1. The first-order chi connectivity index (χ1) is 11.6. The fourth-order valence-corrected chi connectivity index (χ4v) is 4.23. The maximum Gasteiger partial charge on any atom is 0.248 e. The van der Waals surface area contributed by atoms with E-state index in [4.69, 9.17) is 10.5 Å². The Hall–Kier alpha value is -2.18. The normalized spacial score (nSPS) is 21.2. The zero-order valence-corrected chi connectivity index (χ0v) is 13.9. The topological polar surface area (TPSA) is 81.4 Å². The van der Waals surface area contributed by atoms with Gasteiger partial charge in [-0.15, -0.1) is 11.3 Å². The molecule has 0 spiro atoms. The van der Waals surface area contributed by atoms with Crippen molar-refractivity contribution < 1.29 is 14.3 Å². The van der Waals surface area contributed by atoms with Crippen molar-refractivity contribution in [3.05, 3.63) is 51.7 Å². The summed E-state index contributed by atoms with van der Waals surface area (Å²) >= 11 is 1.62. The van der Waals surface area contributed by atoms with Gasteiger partial charge in [-0.3, -0.25) is 9.59 Å². The Bertz CT molecular complexity index is 797. The van der Waals surface area contributed by atoms with Crippen LogP contribution in [0, 0.1) is 0 Å². The number of benzene rings is 1. The Balaban J connectivity index is 1.62. The number of ether oxygens (including phenoxy) is 1. The number of Topliss-reactive ketones (excluding diaryl/α,β-unsaturated/α-hetero) is 1. The SMILES string of the molecule is NC(=O)c1ccc2c(c1)OC(C(=O)C1(c3cccs3)CC1)CNC2. The molecule has 2 heterocycles. The van der Waals surface area contributed by atoms with E-state index in [0.29, 0.717) is 24.4 Å². The van der Waals surface area contributed by atoms with E-state index in [2.05, 4.69) is 5.32 Å². The molecule has 1 saturated carbocycles. The summed E-state index contributed by atoms with van der Waals surface area (Å²) in [5.74, 6) is 0.185. The quantitative estimate of drug-likeness (QED) is 0.890. The van der Waals surface area contributed by atoms with Crippen LogP contribution in [0.5, 0.6) is 5.75 Å². The summed E-state index contributed by atoms with van der Waals surface area (Å²) in [5.41, 5.74) is 6.28. The van der Waals surface area contributed by atoms with Gasteiger partial charge in [-0.1, -0.05) is 12.1 Å². The number of primary amides is 1. The third-order valence-electron chi connectivity index (χ3n) is 4.77. The molecule has 1 aliphatic heterocycles. The minimum Gasteiger partial charge on any atom is -0.481 e. The van der Waals surface area contributed by atoms with Crippen molar-refractivity contribution in [1.82, 2.24) is 5.32 Å². The van der Waals surface area contributed by atoms with Crippen LogP contribution in [0.3, 0.4) is 0 Å². The molecule has 0 radical (unpaired) electrons. The summed E-state index contributed by atoms with van der Waals surface area (Å²) in [5, 5.41) is 5.27. The van der Waals surface area contributed by atoms with Gasteiger partial charge in [-0.05, 0) is 36.4 Å². The molecule has 1 unspecified atom stereocenters. The maximum atomic E-state index is 13.1. The van der Waals surface area contributed by atoms with Crippen molar-refractivity contribution in [1.29, 1.82) is 0 Å². The van der Waals surface area contributed by atoms with E-state index in [1.165, 1.54) is 0 Å². The highest BCUT2D eigenvalue weighted by Crippen LogP contribution is 2.51. The van der Waals surface area contributed by atoms with E-state index < -0.39 is 12.0 Å². The van der Waals surface area contributed by atoms with Crippen LogP contribution in [0.15, 0.2) is 35.7 Å². The van der Waals surface area contributed by atoms with Crippen LogP contribution >= 0.6 is 11.3 Å². The minimum atomic E-state index is -0.557. The van der Waals surface area contributed by atoms with Gasteiger partial charge in [0.15, 0.2) is 11.9 Å². The first-order valence-corrected chi connectivity index (χ1v) is 8.86. The van der Waals surface area contributed by atoms with Crippen molar-refractivity contribution in [2.75, 3.05) is 6.54 Å². The van der Waals surface area contributed by atoms with Crippen LogP contribution in [0.4, 0.5) is 0 Å². The summed E-state index contributed by atoms with van der Waals surface area (Å²) in [6, 6.07) is 9.15. The highest BCUT2D eigenvalue weighted by Gasteiger charge is 2.54. The molecule has 5 nitrogen and oxygen atoms in total. The average molecular weight is 342 g/mol. The molecule has 1 atom stereocenters. The maximum absolute atomic E-state index is 13.1. The number of thiophene rings is 1. The molecule has 6 heteroatoms. The lowest BCUT2D eigenvalue weighted by molar-refractivity contribution is -0.128. The number of fused-ring (bicyclic) bond motifs is 1. The lowest BCUT2D eigenvalue weighted by atomic mass is 9.94. The number of hydrogen-bond acceptors (Lipinski definition) is 5. The zero-order valence-electron chi connectivity index (χ0n) is 13.1. The van der Waals surface area contributed by atoms with Crippen molar-refractivity contribution >= 4 is 23.0 Å². The van der Waals surface area contributed by atoms with Crippen LogP contribution in [-0.4, -0.2) is 24.3 Å². The Morgan fingerprint density at radius 2 is 2.12 bits per heavy atom. The molecule has 1 aromatic carbocycles. The number of nitrogens with one attached hydrogen (secondary N) is 1. The second-order valence-electron chi connectivity index (χ2n) is 6.35. The first-order valence-electron chi connectivity index (χ1n) is 7.98. The van der Waals surface area contributed by atoms with Gasteiger partial charge in [0.1, 0.15) is 5.75 Å². The van der Waals surface area contributed by atoms with Crippen LogP contribution in [0.2, 0.25) is 0 Å². The molecule has 124 valence electrons. The molecule has 1 amide bonds. The van der Waals surface area contributed by atoms with Crippen molar-refractivity contribution in [2.24, 2.45) is 5.73 Å². The molecule has 0 bridgehead atoms. The third-order valence-corrected chi connectivity index (χ3v) is 5.85. The summed E-state index contributed by atoms with van der Waals surface area (Å²) < 4.78 is 6.02. The lowest BCUT2D eigenvalue weighted by Crippen LogP contribution is -2.41. The molecular formula is C18H18N2O3S. The highest BCUT2D eigenvalue weighted by molar-refractivity contribution is 7.10. The molecular weight excluding hydrogens is 324 g/mol. The van der Waals surface area contributed by atoms with Gasteiger partial charge in [0, 0.05) is 29.1 Å². The average Bonchev–Trinajstić information content (AvgIpc) is 3.26. The minimum absolute atomic E-state index is 0.120. The van der Waals surface area contributed by atoms with Gasteiger partial charge in [0.25, 0.3) is 0 Å². The Morgan fingerprint density at radius 3 is 2.79 bits per heavy atom. The second-order valence-corrected chi connectivity index (χ2v) is 7.30. The fourth-order valence-electron chi connectivity index (χ4n) is 3.24. The number of carbonyl (C=O) groups is 2. The van der Waals surface area contributed by atoms with Crippen LogP contribution < -0.4 is 15.8 Å². The third kappa shape index (κ3) is 2.52. The number of hydrogen-bond donors (Lipinski definition) is 2. The van der Waals surface area contributed by atoms with E-state index in [9.17, 15) is 9.59 Å². The van der Waals surface area contributed by atoms with Gasteiger partial charge in [0.05, 0.1) is 5.41 Å². The highest BCUT2D eigenvalue weighted by atomic mass is 32.1. The molecule has 1 aromatic heterocycles. The van der Waals surface area contributed by atoms with Gasteiger partial charge in [0.2, 0.25) is 5.91 Å². The van der Waals surface area contributed by atoms with E-state index in [1.54, 1.807) is 23.5 Å². The summed E-state index contributed by atoms with van der Waals surface area (Å²) in [6.45, 7) is 1.07. The number of carbonyl (C=O) groups excluding carboxylic acids is 2. The van der Waals surface area contributed by atoms with E-state index in [0.717, 1.165) is 23.3 Å². The summed E-state index contributed by atoms with van der Waals surface area (Å²) in [6.07, 6.45) is 1.19. The largest absolute Gasteiger partial charge is 0.481 e. The standard InChI is InChI=1S/C18H18N2O3S/c19-17(22)11-3-4-12-9-20-10-14(23-13(12)8-11)16(21)18(5-6-18)15-2-1-7-24-15/h1-4,7-8,14,20H,5-6,9-10H2,(H2,19,22). The Kier molecular flexibility index (Phi) is 3.66. The molecule has 4 rings (SSSR count). The van der Waals surface area contributed by atoms with Gasteiger partial charge < -0.3 is 15.8 Å². The Labute approximate surface area is 143 Å². The lowest BCUT2D eigenvalue weighted by Gasteiger charge is -2.21. The van der Waals surface area contributed by atoms with E-state index in [-0.39, 0.29) is 11.2 Å². The van der Waals surface area contributed by atoms with Crippen molar-refractivity contribution in [2.45, 2.75) is 30.9 Å². The molecule has 2 aromatic rings. The first kappa shape index (κ1) is 15.4. The number of amides is 1. The molecule has 1 fully saturated rings. The van der Waals surface area contributed by atoms with E-state index in [1.807, 2.05) is 23.6 Å². The van der Waals surface area contributed by atoms with Crippen LogP contribution in [0.25, 0.3) is 0 Å². The summed E-state index contributed by atoms with van der Waals surface area (Å²) in [4.78, 5) is 25.6. The monoisotopic (exact) mass is 342 g/mol. The van der Waals surface area contributed by atoms with Crippen molar-refractivity contribution in [3.8, 4) is 5.75 Å². The number of rotatable bonds is 4. The van der Waals surface area contributed by atoms with Crippen molar-refractivity contribution in [3.63, 3.8) is 0 Å². The van der Waals surface area contributed by atoms with Gasteiger partial charge >= 0.3 is 0 Å².